The first kappa shape index (κ1) is 15.0. The fraction of sp³-hybridized carbons (Fsp3) is 1.00. The molecule has 1 heterocycles. The Labute approximate surface area is 98.9 Å². The largest absolute Gasteiger partial charge is 0.375 e. The van der Waals surface area contributed by atoms with Crippen molar-refractivity contribution >= 4 is 17.7 Å². The Morgan fingerprint density at radius 3 is 2.29 bits per heavy atom. The van der Waals surface area contributed by atoms with Gasteiger partial charge in [0.2, 0.25) is 0 Å². The van der Waals surface area contributed by atoms with Gasteiger partial charge in [0.15, 0.2) is 0 Å². The lowest BCUT2D eigenvalue weighted by Crippen LogP contribution is -2.46. The van der Waals surface area contributed by atoms with E-state index in [4.69, 9.17) is 14.3 Å². The summed E-state index contributed by atoms with van der Waals surface area (Å²) in [4.78, 5) is 17.8. The molecule has 102 valence electrons. The van der Waals surface area contributed by atoms with Crippen LogP contribution in [0.5, 0.6) is 0 Å². The van der Waals surface area contributed by atoms with Crippen molar-refractivity contribution in [3.63, 3.8) is 0 Å². The van der Waals surface area contributed by atoms with E-state index in [-0.39, 0.29) is 0 Å². The maximum absolute atomic E-state index is 11.1. The second-order valence-corrected chi connectivity index (χ2v) is 7.87. The van der Waals surface area contributed by atoms with Gasteiger partial charge in [0.1, 0.15) is 0 Å². The van der Waals surface area contributed by atoms with Crippen LogP contribution in [0.4, 0.5) is 0 Å². The van der Waals surface area contributed by atoms with E-state index in [1.165, 1.54) is 0 Å². The topological polar surface area (TPSA) is 144 Å². The molecule has 2 unspecified atom stereocenters. The molecule has 0 aromatic heterocycles. The number of rotatable bonds is 4. The van der Waals surface area contributed by atoms with Gasteiger partial charge in [-0.2, -0.15) is 8.42 Å². The number of hydrogen-bond acceptors (Lipinski definition) is 5. The van der Waals surface area contributed by atoms with Crippen LogP contribution in [0, 0.1) is 0 Å². The highest BCUT2D eigenvalue weighted by Gasteiger charge is 2.57. The zero-order valence-corrected chi connectivity index (χ0v) is 10.7. The van der Waals surface area contributed by atoms with Gasteiger partial charge in [-0.1, -0.05) is 6.42 Å². The summed E-state index contributed by atoms with van der Waals surface area (Å²) < 4.78 is 38.3. The highest BCUT2D eigenvalue weighted by atomic mass is 32.2. The summed E-state index contributed by atoms with van der Waals surface area (Å²) in [5.41, 5.74) is 0. The first-order valence-corrected chi connectivity index (χ1v) is 8.11. The normalized spacial score (nSPS) is 26.5. The van der Waals surface area contributed by atoms with E-state index >= 15 is 0 Å². The second-order valence-electron chi connectivity index (χ2n) is 4.11. The molecule has 1 fully saturated rings. The minimum absolute atomic E-state index is 0.484. The van der Waals surface area contributed by atoms with Crippen LogP contribution in [0.2, 0.25) is 0 Å². The van der Waals surface area contributed by atoms with Gasteiger partial charge >= 0.3 is 17.7 Å². The molecule has 2 atom stereocenters. The molecule has 0 saturated carbocycles. The summed E-state index contributed by atoms with van der Waals surface area (Å²) in [6.07, 6.45) is 1.38. The summed E-state index contributed by atoms with van der Waals surface area (Å²) in [6, 6.07) is -0.553. The summed E-state index contributed by atoms with van der Waals surface area (Å²) >= 11 is 0. The molecule has 1 aliphatic heterocycles. The molecule has 17 heavy (non-hydrogen) atoms. The fourth-order valence-corrected chi connectivity index (χ4v) is 3.87. The van der Waals surface area contributed by atoms with Crippen molar-refractivity contribution in [2.24, 2.45) is 0 Å². The molecule has 1 rings (SSSR count). The molecular weight excluding hydrogens is 273 g/mol. The predicted molar refractivity (Wildman–Crippen MR) is 58.8 cm³/mol. The van der Waals surface area contributed by atoms with Gasteiger partial charge in [0.25, 0.3) is 4.67 Å². The summed E-state index contributed by atoms with van der Waals surface area (Å²) in [6.45, 7) is 0.577. The Morgan fingerprint density at radius 2 is 1.94 bits per heavy atom. The average molecular weight is 289 g/mol. The number of hydrogen-bond donors (Lipinski definition) is 5. The Kier molecular flexibility index (Phi) is 4.36. The third-order valence-corrected chi connectivity index (χ3v) is 6.28. The summed E-state index contributed by atoms with van der Waals surface area (Å²) in [7, 11) is -10.7. The number of nitrogens with one attached hydrogen (secondary N) is 1. The molecule has 0 aliphatic carbocycles. The van der Waals surface area contributed by atoms with Crippen LogP contribution in [0.15, 0.2) is 0 Å². The third kappa shape index (κ3) is 3.25. The van der Waals surface area contributed by atoms with E-state index < -0.39 is 34.9 Å². The molecule has 10 heteroatoms. The smallest absolute Gasteiger partial charge is 0.363 e. The molecule has 0 spiro atoms. The van der Waals surface area contributed by atoms with Crippen LogP contribution in [-0.2, 0) is 14.7 Å². The SMILES string of the molecule is O=P(O)(O)C(O)(CC1CCCCN1)S(=O)(=O)O. The van der Waals surface area contributed by atoms with Crippen molar-refractivity contribution in [1.29, 1.82) is 0 Å². The average Bonchev–Trinajstić information content (AvgIpc) is 2.15. The highest BCUT2D eigenvalue weighted by Crippen LogP contribution is 2.54. The maximum atomic E-state index is 11.1. The van der Waals surface area contributed by atoms with E-state index in [1.807, 2.05) is 0 Å². The number of aliphatic hydroxyl groups is 1. The van der Waals surface area contributed by atoms with E-state index in [0.717, 1.165) is 12.8 Å². The highest BCUT2D eigenvalue weighted by molar-refractivity contribution is 7.94. The van der Waals surface area contributed by atoms with Crippen molar-refractivity contribution in [3.8, 4) is 0 Å². The molecule has 0 aromatic rings. The molecular formula is C7H16NO7PS. The Hall–Kier alpha value is -0.0200. The molecule has 1 aliphatic rings. The van der Waals surface area contributed by atoms with Crippen molar-refractivity contribution in [1.82, 2.24) is 5.32 Å². The maximum Gasteiger partial charge on any atom is 0.375 e. The summed E-state index contributed by atoms with van der Waals surface area (Å²) in [5, 5.41) is 12.4. The van der Waals surface area contributed by atoms with E-state index in [2.05, 4.69) is 5.32 Å². The Morgan fingerprint density at radius 1 is 1.35 bits per heavy atom. The van der Waals surface area contributed by atoms with Crippen LogP contribution in [0.3, 0.4) is 0 Å². The van der Waals surface area contributed by atoms with Gasteiger partial charge in [-0.15, -0.1) is 0 Å². The first-order chi connectivity index (χ1) is 7.58. The molecule has 5 N–H and O–H groups in total. The van der Waals surface area contributed by atoms with Gasteiger partial charge in [0.05, 0.1) is 0 Å². The van der Waals surface area contributed by atoms with Crippen LogP contribution < -0.4 is 5.32 Å². The minimum atomic E-state index is -5.40. The molecule has 0 radical (unpaired) electrons. The minimum Gasteiger partial charge on any atom is -0.363 e. The molecule has 8 nitrogen and oxygen atoms in total. The predicted octanol–water partition coefficient (Wildman–Crippen LogP) is -0.770. The molecule has 0 aromatic carbocycles. The zero-order valence-electron chi connectivity index (χ0n) is 8.98. The van der Waals surface area contributed by atoms with E-state index in [9.17, 15) is 18.1 Å². The first-order valence-electron chi connectivity index (χ1n) is 5.06. The van der Waals surface area contributed by atoms with E-state index in [1.54, 1.807) is 0 Å². The van der Waals surface area contributed by atoms with Crippen molar-refractivity contribution in [2.45, 2.75) is 36.4 Å². The monoisotopic (exact) mass is 289 g/mol. The lowest BCUT2D eigenvalue weighted by Gasteiger charge is -2.31. The van der Waals surface area contributed by atoms with Crippen LogP contribution in [0.1, 0.15) is 25.7 Å². The quantitative estimate of drug-likeness (QED) is 0.335. The number of piperidine rings is 1. The Bertz CT molecular complexity index is 412. The Balaban J connectivity index is 2.97. The van der Waals surface area contributed by atoms with Gasteiger partial charge in [0, 0.05) is 12.5 Å². The molecule has 1 saturated heterocycles. The molecule has 0 amide bonds. The lowest BCUT2D eigenvalue weighted by atomic mass is 10.0. The van der Waals surface area contributed by atoms with Crippen LogP contribution >= 0.6 is 7.60 Å². The van der Waals surface area contributed by atoms with Crippen LogP contribution in [0.25, 0.3) is 0 Å². The van der Waals surface area contributed by atoms with Gasteiger partial charge < -0.3 is 20.2 Å². The third-order valence-electron chi connectivity index (χ3n) is 2.79. The molecule has 0 bridgehead atoms. The van der Waals surface area contributed by atoms with Crippen LogP contribution in [-0.4, -0.2) is 45.1 Å². The van der Waals surface area contributed by atoms with Crippen molar-refractivity contribution in [3.05, 3.63) is 0 Å². The standard InChI is InChI=1S/C7H16NO7PS/c9-7(16(10,11)12,17(13,14)15)5-6-3-1-2-4-8-6/h6,8-9H,1-5H2,(H2,10,11,12)(H,13,14,15). The van der Waals surface area contributed by atoms with Gasteiger partial charge in [-0.05, 0) is 19.4 Å². The van der Waals surface area contributed by atoms with E-state index in [0.29, 0.717) is 13.0 Å². The fourth-order valence-electron chi connectivity index (χ4n) is 1.79. The zero-order chi connectivity index (χ0) is 13.3. The van der Waals surface area contributed by atoms with Gasteiger partial charge in [-0.3, -0.25) is 9.12 Å². The lowest BCUT2D eigenvalue weighted by molar-refractivity contribution is 0.126. The van der Waals surface area contributed by atoms with Gasteiger partial charge in [-0.25, -0.2) is 0 Å². The summed E-state index contributed by atoms with van der Waals surface area (Å²) in [5.74, 6) is 0. The second kappa shape index (κ2) is 4.93. The van der Waals surface area contributed by atoms with Crippen molar-refractivity contribution in [2.75, 3.05) is 6.54 Å². The van der Waals surface area contributed by atoms with Crippen molar-refractivity contribution < 1.29 is 32.4 Å².